The lowest BCUT2D eigenvalue weighted by molar-refractivity contribution is 0.624. The van der Waals surface area contributed by atoms with Crippen LogP contribution in [0.3, 0.4) is 0 Å². The number of nitriles is 1. The molecular formula is C8H6BrFN2. The van der Waals surface area contributed by atoms with E-state index in [4.69, 9.17) is 5.26 Å². The van der Waals surface area contributed by atoms with Crippen LogP contribution in [0.4, 0.5) is 4.39 Å². The summed E-state index contributed by atoms with van der Waals surface area (Å²) in [4.78, 5) is 0. The second-order valence-corrected chi connectivity index (χ2v) is 3.06. The molecule has 0 aliphatic carbocycles. The minimum Gasteiger partial charge on any atom is -0.319 e. The van der Waals surface area contributed by atoms with E-state index in [2.05, 4.69) is 21.2 Å². The highest BCUT2D eigenvalue weighted by Crippen LogP contribution is 2.17. The number of rotatable bonds is 2. The van der Waals surface area contributed by atoms with Crippen LogP contribution in [0.5, 0.6) is 0 Å². The largest absolute Gasteiger partial charge is 0.319 e. The first kappa shape index (κ1) is 9.01. The van der Waals surface area contributed by atoms with Gasteiger partial charge in [-0.05, 0) is 23.8 Å². The number of hydrogen-bond donors (Lipinski definition) is 1. The van der Waals surface area contributed by atoms with Crippen LogP contribution in [0, 0.1) is 17.3 Å². The molecular weight excluding hydrogens is 223 g/mol. The summed E-state index contributed by atoms with van der Waals surface area (Å²) in [6.45, 7) is 0.342. The number of hydrogen-bond acceptors (Lipinski definition) is 2. The van der Waals surface area contributed by atoms with Crippen molar-refractivity contribution in [3.63, 3.8) is 0 Å². The monoisotopic (exact) mass is 228 g/mol. The molecule has 1 aromatic rings. The molecule has 0 heterocycles. The fraction of sp³-hybridized carbons (Fsp3) is 0.125. The zero-order valence-electron chi connectivity index (χ0n) is 6.14. The van der Waals surface area contributed by atoms with E-state index in [9.17, 15) is 4.39 Å². The molecule has 62 valence electrons. The number of nitrogens with one attached hydrogen (secondary N) is 1. The molecule has 0 unspecified atom stereocenters. The standard InChI is InChI=1S/C8H6BrFN2/c9-8-2-1-7(10)3-6(8)4-12-5-11/h1-3,12H,4H2. The van der Waals surface area contributed by atoms with Crippen molar-refractivity contribution >= 4 is 15.9 Å². The highest BCUT2D eigenvalue weighted by Gasteiger charge is 1.99. The smallest absolute Gasteiger partial charge is 0.176 e. The molecule has 1 aromatic carbocycles. The van der Waals surface area contributed by atoms with E-state index in [0.29, 0.717) is 6.54 Å². The maximum atomic E-state index is 12.6. The second kappa shape index (κ2) is 4.07. The number of halogens is 2. The van der Waals surface area contributed by atoms with Crippen LogP contribution in [-0.2, 0) is 6.54 Å². The lowest BCUT2D eigenvalue weighted by Crippen LogP contribution is -2.05. The molecule has 0 fully saturated rings. The Morgan fingerprint density at radius 2 is 2.33 bits per heavy atom. The van der Waals surface area contributed by atoms with Crippen molar-refractivity contribution in [2.45, 2.75) is 6.54 Å². The third-order valence-corrected chi connectivity index (χ3v) is 2.14. The van der Waals surface area contributed by atoms with Gasteiger partial charge >= 0.3 is 0 Å². The third-order valence-electron chi connectivity index (χ3n) is 1.37. The van der Waals surface area contributed by atoms with Crippen molar-refractivity contribution in [1.29, 1.82) is 5.26 Å². The fourth-order valence-corrected chi connectivity index (χ4v) is 1.20. The van der Waals surface area contributed by atoms with Crippen molar-refractivity contribution in [3.8, 4) is 6.19 Å². The van der Waals surface area contributed by atoms with Gasteiger partial charge in [0.2, 0.25) is 0 Å². The minimum atomic E-state index is -0.298. The molecule has 0 saturated carbocycles. The van der Waals surface area contributed by atoms with Crippen molar-refractivity contribution < 1.29 is 4.39 Å². The predicted octanol–water partition coefficient (Wildman–Crippen LogP) is 2.16. The Hall–Kier alpha value is -1.08. The lowest BCUT2D eigenvalue weighted by Gasteiger charge is -2.01. The van der Waals surface area contributed by atoms with Crippen LogP contribution < -0.4 is 5.32 Å². The summed E-state index contributed by atoms with van der Waals surface area (Å²) in [5.74, 6) is -0.298. The fourth-order valence-electron chi connectivity index (χ4n) is 0.814. The lowest BCUT2D eigenvalue weighted by atomic mass is 10.2. The van der Waals surface area contributed by atoms with Gasteiger partial charge in [-0.1, -0.05) is 15.9 Å². The third kappa shape index (κ3) is 2.21. The van der Waals surface area contributed by atoms with Crippen molar-refractivity contribution in [1.82, 2.24) is 5.32 Å². The molecule has 0 bridgehead atoms. The quantitative estimate of drug-likeness (QED) is 0.623. The van der Waals surface area contributed by atoms with E-state index in [-0.39, 0.29) is 5.82 Å². The van der Waals surface area contributed by atoms with Gasteiger partial charge in [-0.15, -0.1) is 0 Å². The summed E-state index contributed by atoms with van der Waals surface area (Å²) in [5, 5.41) is 10.7. The van der Waals surface area contributed by atoms with Gasteiger partial charge in [-0.3, -0.25) is 0 Å². The van der Waals surface area contributed by atoms with Gasteiger partial charge in [-0.2, -0.15) is 5.26 Å². The maximum Gasteiger partial charge on any atom is 0.176 e. The maximum absolute atomic E-state index is 12.6. The molecule has 0 spiro atoms. The molecule has 2 nitrogen and oxygen atoms in total. The number of nitrogens with zero attached hydrogens (tertiary/aromatic N) is 1. The molecule has 0 amide bonds. The summed E-state index contributed by atoms with van der Waals surface area (Å²) >= 11 is 3.24. The Kier molecular flexibility index (Phi) is 3.06. The molecule has 12 heavy (non-hydrogen) atoms. The van der Waals surface area contributed by atoms with Gasteiger partial charge in [0.05, 0.1) is 6.54 Å². The van der Waals surface area contributed by atoms with Gasteiger partial charge in [0.15, 0.2) is 6.19 Å². The van der Waals surface area contributed by atoms with E-state index >= 15 is 0 Å². The molecule has 4 heteroatoms. The van der Waals surface area contributed by atoms with Gasteiger partial charge < -0.3 is 5.32 Å². The normalized spacial score (nSPS) is 9.08. The first-order chi connectivity index (χ1) is 5.74. The van der Waals surface area contributed by atoms with Crippen LogP contribution in [0.2, 0.25) is 0 Å². The molecule has 0 aromatic heterocycles. The molecule has 0 saturated heterocycles. The van der Waals surface area contributed by atoms with Gasteiger partial charge in [0.1, 0.15) is 5.82 Å². The minimum absolute atomic E-state index is 0.298. The Labute approximate surface area is 78.1 Å². The first-order valence-electron chi connectivity index (χ1n) is 3.30. The summed E-state index contributed by atoms with van der Waals surface area (Å²) in [6, 6.07) is 4.36. The van der Waals surface area contributed by atoms with Gasteiger partial charge in [0.25, 0.3) is 0 Å². The van der Waals surface area contributed by atoms with Gasteiger partial charge in [0, 0.05) is 4.47 Å². The summed E-state index contributed by atoms with van der Waals surface area (Å²) in [5.41, 5.74) is 0.733. The summed E-state index contributed by atoms with van der Waals surface area (Å²) in [6.07, 6.45) is 1.77. The van der Waals surface area contributed by atoms with Crippen LogP contribution in [0.15, 0.2) is 22.7 Å². The van der Waals surface area contributed by atoms with Crippen LogP contribution in [0.1, 0.15) is 5.56 Å². The van der Waals surface area contributed by atoms with Crippen LogP contribution in [-0.4, -0.2) is 0 Å². The van der Waals surface area contributed by atoms with E-state index < -0.39 is 0 Å². The van der Waals surface area contributed by atoms with Crippen LogP contribution in [0.25, 0.3) is 0 Å². The summed E-state index contributed by atoms with van der Waals surface area (Å²) < 4.78 is 13.4. The molecule has 0 atom stereocenters. The van der Waals surface area contributed by atoms with E-state index in [0.717, 1.165) is 10.0 Å². The highest BCUT2D eigenvalue weighted by molar-refractivity contribution is 9.10. The second-order valence-electron chi connectivity index (χ2n) is 2.20. The van der Waals surface area contributed by atoms with Crippen molar-refractivity contribution in [2.75, 3.05) is 0 Å². The Morgan fingerprint density at radius 1 is 1.58 bits per heavy atom. The number of benzene rings is 1. The molecule has 1 N–H and O–H groups in total. The predicted molar refractivity (Wildman–Crippen MR) is 46.6 cm³/mol. The first-order valence-corrected chi connectivity index (χ1v) is 4.09. The SMILES string of the molecule is N#CNCc1cc(F)ccc1Br. The molecule has 0 aliphatic heterocycles. The molecule has 0 radical (unpaired) electrons. The molecule has 1 rings (SSSR count). The highest BCUT2D eigenvalue weighted by atomic mass is 79.9. The van der Waals surface area contributed by atoms with Crippen molar-refractivity contribution in [3.05, 3.63) is 34.1 Å². The van der Waals surface area contributed by atoms with E-state index in [1.807, 2.05) is 0 Å². The Bertz CT molecular complexity index is 319. The zero-order valence-corrected chi connectivity index (χ0v) is 7.73. The zero-order chi connectivity index (χ0) is 8.97. The average Bonchev–Trinajstić information content (AvgIpc) is 2.07. The van der Waals surface area contributed by atoms with Crippen molar-refractivity contribution in [2.24, 2.45) is 0 Å². The van der Waals surface area contributed by atoms with E-state index in [1.165, 1.54) is 12.1 Å². The average molecular weight is 229 g/mol. The van der Waals surface area contributed by atoms with Crippen LogP contribution >= 0.6 is 15.9 Å². The summed E-state index contributed by atoms with van der Waals surface area (Å²) in [7, 11) is 0. The Balaban J connectivity index is 2.84. The van der Waals surface area contributed by atoms with Gasteiger partial charge in [-0.25, -0.2) is 4.39 Å². The molecule has 0 aliphatic rings. The van der Waals surface area contributed by atoms with E-state index in [1.54, 1.807) is 12.3 Å². The Morgan fingerprint density at radius 3 is 3.00 bits per heavy atom. The topological polar surface area (TPSA) is 35.8 Å².